The van der Waals surface area contributed by atoms with E-state index in [4.69, 9.17) is 0 Å². The first-order valence-corrected chi connectivity index (χ1v) is 14.4. The first-order valence-electron chi connectivity index (χ1n) is 12.5. The number of halogens is 2. The summed E-state index contributed by atoms with van der Waals surface area (Å²) >= 11 is 0. The molecule has 1 N–H and O–H groups in total. The third-order valence-corrected chi connectivity index (χ3v) is 7.49. The van der Waals surface area contributed by atoms with Gasteiger partial charge in [-0.05, 0) is 36.6 Å². The number of hydrogen-bond donors (Lipinski definition) is 1. The van der Waals surface area contributed by atoms with Crippen LogP contribution in [-0.2, 0) is 32.6 Å². The second-order valence-electron chi connectivity index (χ2n) is 9.37. The van der Waals surface area contributed by atoms with E-state index in [2.05, 4.69) is 5.32 Å². The molecule has 39 heavy (non-hydrogen) atoms. The highest BCUT2D eigenvalue weighted by molar-refractivity contribution is 7.92. The van der Waals surface area contributed by atoms with E-state index in [0.717, 1.165) is 39.4 Å². The van der Waals surface area contributed by atoms with E-state index in [1.807, 2.05) is 61.5 Å². The molecule has 3 aromatic carbocycles. The number of carbonyl (C=O) groups excluding carboxylic acids is 2. The van der Waals surface area contributed by atoms with Gasteiger partial charge >= 0.3 is 0 Å². The van der Waals surface area contributed by atoms with E-state index in [-0.39, 0.29) is 43.4 Å². The van der Waals surface area contributed by atoms with Crippen LogP contribution in [0, 0.1) is 18.6 Å². The smallest absolute Gasteiger partial charge is 0.242 e. The summed E-state index contributed by atoms with van der Waals surface area (Å²) in [5, 5.41) is 2.66. The summed E-state index contributed by atoms with van der Waals surface area (Å²) in [5.74, 6) is -2.91. The summed E-state index contributed by atoms with van der Waals surface area (Å²) < 4.78 is 53.0. The standard InChI is InChI=1S/C29H33F2N3O4S/c1-21-9-7-12-23(17-21)20-33(27(29(36)32-2)18-22-10-5-4-6-11-22)28(35)13-8-16-34(39(3,37)38)24-14-15-25(30)26(31)19-24/h4-7,9-12,14-15,17,19,27H,8,13,16,18,20H2,1-3H3,(H,32,36). The molecule has 0 fully saturated rings. The molecule has 0 aromatic heterocycles. The van der Waals surface area contributed by atoms with Gasteiger partial charge in [0.05, 0.1) is 11.9 Å². The first-order chi connectivity index (χ1) is 18.5. The largest absolute Gasteiger partial charge is 0.357 e. The summed E-state index contributed by atoms with van der Waals surface area (Å²) in [6.45, 7) is 2.00. The van der Waals surface area contributed by atoms with Crippen molar-refractivity contribution in [3.8, 4) is 0 Å². The average Bonchev–Trinajstić information content (AvgIpc) is 2.89. The molecule has 0 aliphatic carbocycles. The molecule has 0 saturated carbocycles. The lowest BCUT2D eigenvalue weighted by atomic mass is 10.0. The molecular formula is C29H33F2N3O4S. The summed E-state index contributed by atoms with van der Waals surface area (Å²) in [4.78, 5) is 28.2. The van der Waals surface area contributed by atoms with Crippen molar-refractivity contribution in [1.29, 1.82) is 0 Å². The predicted molar refractivity (Wildman–Crippen MR) is 148 cm³/mol. The fourth-order valence-corrected chi connectivity index (χ4v) is 5.33. The minimum atomic E-state index is -3.84. The van der Waals surface area contributed by atoms with Crippen molar-refractivity contribution in [2.24, 2.45) is 0 Å². The van der Waals surface area contributed by atoms with Crippen LogP contribution >= 0.6 is 0 Å². The number of rotatable bonds is 12. The van der Waals surface area contributed by atoms with Crippen molar-refractivity contribution >= 4 is 27.5 Å². The quantitative estimate of drug-likeness (QED) is 0.362. The Labute approximate surface area is 228 Å². The first kappa shape index (κ1) is 29.8. The molecule has 1 unspecified atom stereocenters. The zero-order valence-corrected chi connectivity index (χ0v) is 23.0. The van der Waals surface area contributed by atoms with Crippen LogP contribution < -0.4 is 9.62 Å². The van der Waals surface area contributed by atoms with Crippen LogP contribution in [0.3, 0.4) is 0 Å². The molecule has 0 bridgehead atoms. The number of aryl methyl sites for hydroxylation is 1. The van der Waals surface area contributed by atoms with Gasteiger partial charge < -0.3 is 10.2 Å². The van der Waals surface area contributed by atoms with Crippen molar-refractivity contribution in [2.75, 3.05) is 24.2 Å². The van der Waals surface area contributed by atoms with E-state index < -0.39 is 27.7 Å². The lowest BCUT2D eigenvalue weighted by molar-refractivity contribution is -0.141. The van der Waals surface area contributed by atoms with E-state index in [0.29, 0.717) is 6.42 Å². The molecule has 0 radical (unpaired) electrons. The van der Waals surface area contributed by atoms with Gasteiger partial charge in [0.2, 0.25) is 21.8 Å². The minimum Gasteiger partial charge on any atom is -0.357 e. The SMILES string of the molecule is CNC(=O)C(Cc1ccccc1)N(Cc1cccc(C)c1)C(=O)CCCN(c1ccc(F)c(F)c1)S(C)(=O)=O. The van der Waals surface area contributed by atoms with Gasteiger partial charge in [-0.1, -0.05) is 60.2 Å². The number of sulfonamides is 1. The van der Waals surface area contributed by atoms with Crippen LogP contribution in [-0.4, -0.2) is 51.0 Å². The monoisotopic (exact) mass is 557 g/mol. The summed E-state index contributed by atoms with van der Waals surface area (Å²) in [5.41, 5.74) is 2.71. The molecular weight excluding hydrogens is 524 g/mol. The van der Waals surface area contributed by atoms with Crippen LogP contribution in [0.25, 0.3) is 0 Å². The molecule has 3 aromatic rings. The third-order valence-electron chi connectivity index (χ3n) is 6.30. The Kier molecular flexibility index (Phi) is 10.2. The normalized spacial score (nSPS) is 12.0. The highest BCUT2D eigenvalue weighted by Gasteiger charge is 2.30. The van der Waals surface area contributed by atoms with Gasteiger partial charge in [-0.3, -0.25) is 13.9 Å². The molecule has 2 amide bonds. The Morgan fingerprint density at radius 2 is 1.62 bits per heavy atom. The average molecular weight is 558 g/mol. The topological polar surface area (TPSA) is 86.8 Å². The van der Waals surface area contributed by atoms with Gasteiger partial charge in [-0.25, -0.2) is 17.2 Å². The molecule has 208 valence electrons. The van der Waals surface area contributed by atoms with Gasteiger partial charge in [0.25, 0.3) is 0 Å². The summed E-state index contributed by atoms with van der Waals surface area (Å²) in [6, 6.07) is 19.0. The van der Waals surface area contributed by atoms with Gasteiger partial charge in [-0.15, -0.1) is 0 Å². The number of likely N-dealkylation sites (N-methyl/N-ethyl adjacent to an activating group) is 1. The zero-order valence-electron chi connectivity index (χ0n) is 22.2. The maximum Gasteiger partial charge on any atom is 0.242 e. The van der Waals surface area contributed by atoms with Crippen molar-refractivity contribution in [3.63, 3.8) is 0 Å². The number of benzene rings is 3. The van der Waals surface area contributed by atoms with E-state index in [1.54, 1.807) is 0 Å². The van der Waals surface area contributed by atoms with Crippen LogP contribution in [0.1, 0.15) is 29.5 Å². The molecule has 0 aliphatic rings. The van der Waals surface area contributed by atoms with Gasteiger partial charge in [0.1, 0.15) is 6.04 Å². The lowest BCUT2D eigenvalue weighted by Crippen LogP contribution is -2.49. The third kappa shape index (κ3) is 8.35. The Hall–Kier alpha value is -3.79. The zero-order chi connectivity index (χ0) is 28.6. The van der Waals surface area contributed by atoms with Crippen LogP contribution in [0.5, 0.6) is 0 Å². The Morgan fingerprint density at radius 3 is 2.23 bits per heavy atom. The second kappa shape index (κ2) is 13.3. The molecule has 10 heteroatoms. The van der Waals surface area contributed by atoms with Crippen molar-refractivity contribution in [2.45, 2.75) is 38.8 Å². The number of carbonyl (C=O) groups is 2. The van der Waals surface area contributed by atoms with Crippen LogP contribution in [0.15, 0.2) is 72.8 Å². The number of nitrogens with zero attached hydrogens (tertiary/aromatic N) is 2. The van der Waals surface area contributed by atoms with Gasteiger partial charge in [0, 0.05) is 39.0 Å². The van der Waals surface area contributed by atoms with Gasteiger partial charge in [0.15, 0.2) is 11.6 Å². The minimum absolute atomic E-state index is 0.0345. The van der Waals surface area contributed by atoms with Crippen molar-refractivity contribution in [3.05, 3.63) is 101 Å². The molecule has 0 heterocycles. The van der Waals surface area contributed by atoms with E-state index in [1.165, 1.54) is 18.0 Å². The Bertz CT molecular complexity index is 1400. The lowest BCUT2D eigenvalue weighted by Gasteiger charge is -2.31. The number of nitrogens with one attached hydrogen (secondary N) is 1. The van der Waals surface area contributed by atoms with E-state index in [9.17, 15) is 26.8 Å². The second-order valence-corrected chi connectivity index (χ2v) is 11.3. The van der Waals surface area contributed by atoms with Crippen LogP contribution in [0.4, 0.5) is 14.5 Å². The van der Waals surface area contributed by atoms with Crippen molar-refractivity contribution in [1.82, 2.24) is 10.2 Å². The number of anilines is 1. The maximum atomic E-state index is 13.8. The number of hydrogen-bond acceptors (Lipinski definition) is 4. The Morgan fingerprint density at radius 1 is 0.923 bits per heavy atom. The summed E-state index contributed by atoms with van der Waals surface area (Å²) in [7, 11) is -2.32. The predicted octanol–water partition coefficient (Wildman–Crippen LogP) is 4.21. The molecule has 1 atom stereocenters. The Balaban J connectivity index is 1.85. The van der Waals surface area contributed by atoms with Gasteiger partial charge in [-0.2, -0.15) is 0 Å². The molecule has 0 aliphatic heterocycles. The molecule has 0 spiro atoms. The maximum absolute atomic E-state index is 13.8. The summed E-state index contributed by atoms with van der Waals surface area (Å²) in [6.07, 6.45) is 1.29. The molecule has 7 nitrogen and oxygen atoms in total. The van der Waals surface area contributed by atoms with Crippen molar-refractivity contribution < 1.29 is 26.8 Å². The fraction of sp³-hybridized carbons (Fsp3) is 0.310. The van der Waals surface area contributed by atoms with E-state index >= 15 is 0 Å². The highest BCUT2D eigenvalue weighted by atomic mass is 32.2. The molecule has 0 saturated heterocycles. The highest BCUT2D eigenvalue weighted by Crippen LogP contribution is 2.22. The number of amides is 2. The van der Waals surface area contributed by atoms with Crippen LogP contribution in [0.2, 0.25) is 0 Å². The molecule has 3 rings (SSSR count). The fourth-order valence-electron chi connectivity index (χ4n) is 4.37.